The highest BCUT2D eigenvalue weighted by Crippen LogP contribution is 2.20. The highest BCUT2D eigenvalue weighted by Gasteiger charge is 2.25. The largest absolute Gasteiger partial charge is 0.439 e. The van der Waals surface area contributed by atoms with E-state index in [1.807, 2.05) is 30.3 Å². The second-order valence-electron chi connectivity index (χ2n) is 6.61. The maximum Gasteiger partial charge on any atom is 0.251 e. The molecule has 7 nitrogen and oxygen atoms in total. The lowest BCUT2D eigenvalue weighted by molar-refractivity contribution is 0.0941. The van der Waals surface area contributed by atoms with E-state index < -0.39 is 10.0 Å². The summed E-state index contributed by atoms with van der Waals surface area (Å²) in [7, 11) is -3.13. The number of para-hydroxylation sites is 1. The summed E-state index contributed by atoms with van der Waals surface area (Å²) in [5, 5.41) is 2.92. The van der Waals surface area contributed by atoms with Crippen molar-refractivity contribution in [2.24, 2.45) is 5.92 Å². The highest BCUT2D eigenvalue weighted by atomic mass is 32.2. The maximum absolute atomic E-state index is 12.4. The predicted molar refractivity (Wildman–Crippen MR) is 102 cm³/mol. The van der Waals surface area contributed by atoms with E-state index in [0.29, 0.717) is 36.8 Å². The number of nitrogens with one attached hydrogen (secondary N) is 1. The molecule has 27 heavy (non-hydrogen) atoms. The Morgan fingerprint density at radius 3 is 2.59 bits per heavy atom. The number of sulfonamides is 1. The van der Waals surface area contributed by atoms with Crippen LogP contribution in [0.3, 0.4) is 0 Å². The first kappa shape index (κ1) is 19.3. The minimum atomic E-state index is -3.13. The van der Waals surface area contributed by atoms with Gasteiger partial charge in [0.15, 0.2) is 0 Å². The van der Waals surface area contributed by atoms with Crippen LogP contribution in [0.25, 0.3) is 0 Å². The molecule has 0 atom stereocenters. The molecule has 1 amide bonds. The van der Waals surface area contributed by atoms with E-state index in [4.69, 9.17) is 4.74 Å². The van der Waals surface area contributed by atoms with Crippen molar-refractivity contribution < 1.29 is 17.9 Å². The molecule has 0 spiro atoms. The van der Waals surface area contributed by atoms with Gasteiger partial charge in [0.1, 0.15) is 5.75 Å². The number of hydrogen-bond donors (Lipinski definition) is 1. The van der Waals surface area contributed by atoms with Crippen LogP contribution in [0.15, 0.2) is 48.7 Å². The molecular weight excluding hydrogens is 366 g/mol. The first-order chi connectivity index (χ1) is 12.9. The number of piperidine rings is 1. The molecule has 1 N–H and O–H groups in total. The molecule has 0 aliphatic carbocycles. The van der Waals surface area contributed by atoms with Crippen LogP contribution in [0.2, 0.25) is 0 Å². The molecular formula is C19H23N3O4S. The van der Waals surface area contributed by atoms with Crippen molar-refractivity contribution in [3.63, 3.8) is 0 Å². The van der Waals surface area contributed by atoms with Gasteiger partial charge in [-0.3, -0.25) is 4.79 Å². The van der Waals surface area contributed by atoms with Gasteiger partial charge >= 0.3 is 0 Å². The van der Waals surface area contributed by atoms with Crippen LogP contribution < -0.4 is 10.1 Å². The van der Waals surface area contributed by atoms with Gasteiger partial charge < -0.3 is 10.1 Å². The lowest BCUT2D eigenvalue weighted by Gasteiger charge is -2.30. The third kappa shape index (κ3) is 5.51. The number of rotatable bonds is 6. The van der Waals surface area contributed by atoms with Crippen LogP contribution in [-0.4, -0.2) is 49.5 Å². The Morgan fingerprint density at radius 2 is 1.93 bits per heavy atom. The number of hydrogen-bond acceptors (Lipinski definition) is 5. The van der Waals surface area contributed by atoms with Crippen molar-refractivity contribution in [1.82, 2.24) is 14.6 Å². The SMILES string of the molecule is CS(=O)(=O)N1CCC(CNC(=O)c2ccnc(Oc3ccccc3)c2)CC1. The Hall–Kier alpha value is -2.45. The minimum absolute atomic E-state index is 0.194. The fourth-order valence-corrected chi connectivity index (χ4v) is 3.87. The molecule has 1 aliphatic rings. The number of pyridine rings is 1. The number of carbonyl (C=O) groups is 1. The van der Waals surface area contributed by atoms with E-state index in [0.717, 1.165) is 12.8 Å². The number of benzene rings is 1. The summed E-state index contributed by atoms with van der Waals surface area (Å²) in [6.45, 7) is 1.53. The second kappa shape index (κ2) is 8.49. The van der Waals surface area contributed by atoms with Crippen LogP contribution >= 0.6 is 0 Å². The van der Waals surface area contributed by atoms with Gasteiger partial charge in [0.2, 0.25) is 15.9 Å². The Bertz CT molecular complexity index is 879. The molecule has 2 heterocycles. The first-order valence-electron chi connectivity index (χ1n) is 8.84. The second-order valence-corrected chi connectivity index (χ2v) is 8.60. The predicted octanol–water partition coefficient (Wildman–Crippen LogP) is 2.28. The number of amides is 1. The minimum Gasteiger partial charge on any atom is -0.439 e. The van der Waals surface area contributed by atoms with Crippen molar-refractivity contribution in [3.8, 4) is 11.6 Å². The summed E-state index contributed by atoms with van der Waals surface area (Å²) in [5.74, 6) is 1.09. The zero-order chi connectivity index (χ0) is 19.3. The Labute approximate surface area is 159 Å². The molecule has 1 aromatic carbocycles. The Balaban J connectivity index is 1.52. The van der Waals surface area contributed by atoms with Crippen molar-refractivity contribution in [3.05, 3.63) is 54.2 Å². The third-order valence-electron chi connectivity index (χ3n) is 4.56. The van der Waals surface area contributed by atoms with Crippen molar-refractivity contribution in [2.45, 2.75) is 12.8 Å². The molecule has 0 saturated carbocycles. The van der Waals surface area contributed by atoms with E-state index in [9.17, 15) is 13.2 Å². The number of carbonyl (C=O) groups excluding carboxylic acids is 1. The summed E-state index contributed by atoms with van der Waals surface area (Å²) >= 11 is 0. The lowest BCUT2D eigenvalue weighted by atomic mass is 9.98. The molecule has 1 saturated heterocycles. The zero-order valence-corrected chi connectivity index (χ0v) is 16.0. The van der Waals surface area contributed by atoms with Crippen molar-refractivity contribution in [2.75, 3.05) is 25.9 Å². The Morgan fingerprint density at radius 1 is 1.22 bits per heavy atom. The van der Waals surface area contributed by atoms with Crippen molar-refractivity contribution in [1.29, 1.82) is 0 Å². The fraction of sp³-hybridized carbons (Fsp3) is 0.368. The summed E-state index contributed by atoms with van der Waals surface area (Å²) in [5.41, 5.74) is 0.476. The Kier molecular flexibility index (Phi) is 6.08. The van der Waals surface area contributed by atoms with Gasteiger partial charge in [-0.1, -0.05) is 18.2 Å². The van der Waals surface area contributed by atoms with Crippen LogP contribution in [-0.2, 0) is 10.0 Å². The summed E-state index contributed by atoms with van der Waals surface area (Å²) in [6, 6.07) is 12.5. The molecule has 8 heteroatoms. The average Bonchev–Trinajstić information content (AvgIpc) is 2.67. The van der Waals surface area contributed by atoms with Gasteiger partial charge in [0.05, 0.1) is 6.26 Å². The molecule has 0 unspecified atom stereocenters. The topological polar surface area (TPSA) is 88.6 Å². The van der Waals surface area contributed by atoms with Gasteiger partial charge in [-0.15, -0.1) is 0 Å². The molecule has 0 bridgehead atoms. The van der Waals surface area contributed by atoms with E-state index in [-0.39, 0.29) is 11.8 Å². The number of aromatic nitrogens is 1. The maximum atomic E-state index is 12.4. The smallest absolute Gasteiger partial charge is 0.251 e. The van der Waals surface area contributed by atoms with Gasteiger partial charge in [0.25, 0.3) is 5.91 Å². The van der Waals surface area contributed by atoms with Gasteiger partial charge in [0, 0.05) is 37.5 Å². The first-order valence-corrected chi connectivity index (χ1v) is 10.7. The zero-order valence-electron chi connectivity index (χ0n) is 15.2. The quantitative estimate of drug-likeness (QED) is 0.819. The molecule has 3 rings (SSSR count). The molecule has 0 radical (unpaired) electrons. The number of ether oxygens (including phenoxy) is 1. The van der Waals surface area contributed by atoms with E-state index in [2.05, 4.69) is 10.3 Å². The normalized spacial score (nSPS) is 16.0. The third-order valence-corrected chi connectivity index (χ3v) is 5.86. The monoisotopic (exact) mass is 389 g/mol. The highest BCUT2D eigenvalue weighted by molar-refractivity contribution is 7.88. The molecule has 2 aromatic rings. The summed E-state index contributed by atoms with van der Waals surface area (Å²) < 4.78 is 30.2. The summed E-state index contributed by atoms with van der Waals surface area (Å²) in [6.07, 6.45) is 4.25. The van der Waals surface area contributed by atoms with Crippen LogP contribution in [0, 0.1) is 5.92 Å². The summed E-state index contributed by atoms with van der Waals surface area (Å²) in [4.78, 5) is 16.5. The van der Waals surface area contributed by atoms with Gasteiger partial charge in [-0.05, 0) is 37.0 Å². The average molecular weight is 389 g/mol. The van der Waals surface area contributed by atoms with Crippen LogP contribution in [0.5, 0.6) is 11.6 Å². The molecule has 1 fully saturated rings. The number of nitrogens with zero attached hydrogens (tertiary/aromatic N) is 2. The molecule has 1 aromatic heterocycles. The van der Waals surface area contributed by atoms with Crippen LogP contribution in [0.4, 0.5) is 0 Å². The van der Waals surface area contributed by atoms with E-state index >= 15 is 0 Å². The van der Waals surface area contributed by atoms with E-state index in [1.165, 1.54) is 16.8 Å². The van der Waals surface area contributed by atoms with E-state index in [1.54, 1.807) is 12.1 Å². The standard InChI is InChI=1S/C19H23N3O4S/c1-27(24,25)22-11-8-15(9-12-22)14-21-19(23)16-7-10-20-18(13-16)26-17-5-3-2-4-6-17/h2-7,10,13,15H,8-9,11-12,14H2,1H3,(H,21,23). The van der Waals surface area contributed by atoms with Crippen LogP contribution in [0.1, 0.15) is 23.2 Å². The fourth-order valence-electron chi connectivity index (χ4n) is 3.00. The van der Waals surface area contributed by atoms with Gasteiger partial charge in [-0.2, -0.15) is 0 Å². The molecule has 1 aliphatic heterocycles. The lowest BCUT2D eigenvalue weighted by Crippen LogP contribution is -2.41. The van der Waals surface area contributed by atoms with Crippen molar-refractivity contribution >= 4 is 15.9 Å². The van der Waals surface area contributed by atoms with Gasteiger partial charge in [-0.25, -0.2) is 17.7 Å². The molecule has 144 valence electrons.